The van der Waals surface area contributed by atoms with Crippen LogP contribution in [0.2, 0.25) is 0 Å². The van der Waals surface area contributed by atoms with Gasteiger partial charge in [0.2, 0.25) is 29.5 Å². The summed E-state index contributed by atoms with van der Waals surface area (Å²) in [5.41, 5.74) is 0. The van der Waals surface area contributed by atoms with E-state index in [1.54, 1.807) is 20.8 Å². The van der Waals surface area contributed by atoms with Gasteiger partial charge in [-0.3, -0.25) is 48.2 Å². The van der Waals surface area contributed by atoms with Crippen molar-refractivity contribution < 1.29 is 82.9 Å². The van der Waals surface area contributed by atoms with Gasteiger partial charge in [-0.05, 0) is 41.0 Å². The Morgan fingerprint density at radius 1 is 0.569 bits per heavy atom. The van der Waals surface area contributed by atoms with Gasteiger partial charge in [-0.15, -0.1) is 0 Å². The maximum absolute atomic E-state index is 11.1. The molecule has 296 valence electrons. The number of nitrogens with zero attached hydrogens (tertiary/aromatic N) is 2. The van der Waals surface area contributed by atoms with Crippen LogP contribution in [0.3, 0.4) is 0 Å². The van der Waals surface area contributed by atoms with Crippen molar-refractivity contribution in [2.75, 3.05) is 32.8 Å². The SMILES string of the molecule is CC(=O)CC(=O)OO.CC(=O)CCCNC(C)=O.CC(=O)N(CCN(C(C)=O)C(C)=O)C(C)=O.CC(=O)OO.CCO.CCOC(=O)CC(C)=O. The molecular weight excluding hydrogens is 686 g/mol. The van der Waals surface area contributed by atoms with Crippen LogP contribution in [0.4, 0.5) is 0 Å². The maximum Gasteiger partial charge on any atom is 0.349 e. The largest absolute Gasteiger partial charge is 0.466 e. The topological polar surface area (TPSA) is 295 Å². The van der Waals surface area contributed by atoms with Gasteiger partial charge in [0.25, 0.3) is 0 Å². The van der Waals surface area contributed by atoms with Gasteiger partial charge in [-0.1, -0.05) is 0 Å². The molecule has 0 saturated heterocycles. The summed E-state index contributed by atoms with van der Waals surface area (Å²) in [5.74, 6) is -4.02. The molecule has 0 fully saturated rings. The van der Waals surface area contributed by atoms with Gasteiger partial charge in [-0.25, -0.2) is 9.59 Å². The summed E-state index contributed by atoms with van der Waals surface area (Å²) in [6.45, 7) is 16.4. The third-order valence-corrected chi connectivity index (χ3v) is 4.47. The Morgan fingerprint density at radius 2 is 0.902 bits per heavy atom. The first-order chi connectivity index (χ1) is 23.4. The molecule has 0 radical (unpaired) electrons. The molecule has 0 aromatic carbocycles. The number of aliphatic hydroxyl groups excluding tert-OH is 1. The Kier molecular flexibility index (Phi) is 45.1. The smallest absolute Gasteiger partial charge is 0.349 e. The van der Waals surface area contributed by atoms with Gasteiger partial charge in [0.1, 0.15) is 30.2 Å². The Bertz CT molecular complexity index is 1030. The lowest BCUT2D eigenvalue weighted by Crippen LogP contribution is -2.43. The number of amides is 5. The Labute approximate surface area is 297 Å². The van der Waals surface area contributed by atoms with Crippen molar-refractivity contribution in [3.63, 3.8) is 0 Å². The average Bonchev–Trinajstić information content (AvgIpc) is 2.97. The zero-order valence-corrected chi connectivity index (χ0v) is 31.3. The number of nitrogens with one attached hydrogen (secondary N) is 1. The van der Waals surface area contributed by atoms with Crippen molar-refractivity contribution in [3.05, 3.63) is 0 Å². The first kappa shape index (κ1) is 58.3. The molecule has 0 aliphatic carbocycles. The monoisotopic (exact) mass is 741 g/mol. The standard InChI is InChI=1S/C10H16N2O4.C7H13NO2.C6H10O3.C4H6O4.C2H4O3.C2H6O/c1-7(13)11(8(2)14)5-6-12(9(3)15)10(4)16;1-6(9)4-3-5-8-7(2)10;1-3-9-6(8)4-5(2)7;1-3(5)2-4(6)8-7;1-2(3)5-4;1-2-3/h5-6H2,1-4H3;3-5H2,1-2H3,(H,8,10);3-4H2,1-2H3;7H,2H2,1H3;4H,1H3;3H,2H2,1H3. The van der Waals surface area contributed by atoms with Gasteiger partial charge in [0.05, 0.1) is 6.61 Å². The van der Waals surface area contributed by atoms with Crippen LogP contribution in [-0.2, 0) is 67.3 Å². The van der Waals surface area contributed by atoms with E-state index in [2.05, 4.69) is 19.8 Å². The zero-order chi connectivity index (χ0) is 41.7. The fourth-order valence-corrected chi connectivity index (χ4v) is 2.53. The molecule has 0 aliphatic heterocycles. The predicted molar refractivity (Wildman–Crippen MR) is 178 cm³/mol. The predicted octanol–water partition coefficient (Wildman–Crippen LogP) is 0.800. The van der Waals surface area contributed by atoms with E-state index in [-0.39, 0.29) is 55.8 Å². The minimum absolute atomic E-state index is 0.0316. The lowest BCUT2D eigenvalue weighted by atomic mass is 10.2. The molecule has 0 bridgehead atoms. The number of imide groups is 2. The second-order valence-corrected chi connectivity index (χ2v) is 9.59. The van der Waals surface area contributed by atoms with E-state index >= 15 is 0 Å². The zero-order valence-electron chi connectivity index (χ0n) is 31.3. The summed E-state index contributed by atoms with van der Waals surface area (Å²) in [7, 11) is 0. The summed E-state index contributed by atoms with van der Waals surface area (Å²) < 4.78 is 4.49. The second kappa shape index (κ2) is 39.5. The quantitative estimate of drug-likeness (QED) is 0.0537. The van der Waals surface area contributed by atoms with Crippen molar-refractivity contribution in [2.45, 2.75) is 102 Å². The number of ether oxygens (including phenoxy) is 1. The molecule has 20 nitrogen and oxygen atoms in total. The van der Waals surface area contributed by atoms with Crippen LogP contribution in [0.25, 0.3) is 0 Å². The van der Waals surface area contributed by atoms with Crippen LogP contribution >= 0.6 is 0 Å². The van der Waals surface area contributed by atoms with Crippen LogP contribution in [0.5, 0.6) is 0 Å². The molecule has 4 N–H and O–H groups in total. The highest BCUT2D eigenvalue weighted by Crippen LogP contribution is 1.96. The Balaban J connectivity index is -0.000000127. The summed E-state index contributed by atoms with van der Waals surface area (Å²) >= 11 is 0. The van der Waals surface area contributed by atoms with Crippen LogP contribution in [0, 0.1) is 0 Å². The summed E-state index contributed by atoms with van der Waals surface area (Å²) in [4.78, 5) is 123. The van der Waals surface area contributed by atoms with E-state index in [0.717, 1.165) is 23.1 Å². The number of hydrogen-bond donors (Lipinski definition) is 4. The molecule has 0 rings (SSSR count). The lowest BCUT2D eigenvalue weighted by molar-refractivity contribution is -0.233. The molecule has 0 atom stereocenters. The highest BCUT2D eigenvalue weighted by atomic mass is 17.1. The van der Waals surface area contributed by atoms with Crippen LogP contribution in [0.1, 0.15) is 102 Å². The average molecular weight is 742 g/mol. The van der Waals surface area contributed by atoms with E-state index in [1.807, 2.05) is 0 Å². The molecule has 0 spiro atoms. The van der Waals surface area contributed by atoms with Gasteiger partial charge < -0.3 is 29.7 Å². The van der Waals surface area contributed by atoms with E-state index in [9.17, 15) is 52.7 Å². The van der Waals surface area contributed by atoms with E-state index < -0.39 is 41.5 Å². The number of carbonyl (C=O) groups is 11. The summed E-state index contributed by atoms with van der Waals surface area (Å²) in [6.07, 6.45) is 0.833. The van der Waals surface area contributed by atoms with Crippen LogP contribution in [0.15, 0.2) is 0 Å². The first-order valence-corrected chi connectivity index (χ1v) is 15.1. The molecule has 20 heteroatoms. The molecular formula is C31H55N3O17. The number of hydrogen-bond acceptors (Lipinski definition) is 17. The highest BCUT2D eigenvalue weighted by Gasteiger charge is 2.18. The van der Waals surface area contributed by atoms with Gasteiger partial charge in [-0.2, -0.15) is 10.5 Å². The maximum atomic E-state index is 11.1. The highest BCUT2D eigenvalue weighted by molar-refractivity contribution is 5.95. The minimum atomic E-state index is -0.919. The van der Waals surface area contributed by atoms with Crippen molar-refractivity contribution in [2.24, 2.45) is 0 Å². The van der Waals surface area contributed by atoms with Crippen molar-refractivity contribution in [1.82, 2.24) is 15.1 Å². The van der Waals surface area contributed by atoms with Crippen molar-refractivity contribution in [3.8, 4) is 0 Å². The van der Waals surface area contributed by atoms with Crippen molar-refractivity contribution in [1.29, 1.82) is 0 Å². The number of aliphatic hydroxyl groups is 1. The normalized spacial score (nSPS) is 8.59. The van der Waals surface area contributed by atoms with Gasteiger partial charge in [0.15, 0.2) is 0 Å². The number of rotatable bonds is 12. The fourth-order valence-electron chi connectivity index (χ4n) is 2.53. The molecule has 0 aromatic rings. The van der Waals surface area contributed by atoms with Crippen molar-refractivity contribution >= 4 is 64.8 Å². The Hall–Kier alpha value is -4.95. The third kappa shape index (κ3) is 57.7. The van der Waals surface area contributed by atoms with Gasteiger partial charge >= 0.3 is 17.9 Å². The molecule has 51 heavy (non-hydrogen) atoms. The number of carbonyl (C=O) groups excluding carboxylic acids is 11. The van der Waals surface area contributed by atoms with E-state index in [0.29, 0.717) is 19.6 Å². The molecule has 0 unspecified atom stereocenters. The summed E-state index contributed by atoms with van der Waals surface area (Å²) in [6, 6.07) is 0. The fraction of sp³-hybridized carbons (Fsp3) is 0.645. The molecule has 0 aliphatic rings. The molecule has 5 amide bonds. The molecule has 0 saturated carbocycles. The molecule has 0 aromatic heterocycles. The van der Waals surface area contributed by atoms with Gasteiger partial charge in [0, 0.05) is 74.2 Å². The Morgan fingerprint density at radius 3 is 1.10 bits per heavy atom. The lowest BCUT2D eigenvalue weighted by Gasteiger charge is -2.22. The number of Topliss-reactive ketones (excluding diaryl/α,β-unsaturated/α-hetero) is 3. The van der Waals surface area contributed by atoms with E-state index in [1.165, 1.54) is 48.5 Å². The summed E-state index contributed by atoms with van der Waals surface area (Å²) in [5, 5.41) is 25.1. The second-order valence-electron chi connectivity index (χ2n) is 9.59. The van der Waals surface area contributed by atoms with Crippen LogP contribution < -0.4 is 5.32 Å². The number of ketones is 3. The van der Waals surface area contributed by atoms with Crippen LogP contribution in [-0.4, -0.2) is 123 Å². The third-order valence-electron chi connectivity index (χ3n) is 4.47. The minimum Gasteiger partial charge on any atom is -0.466 e. The number of esters is 1. The first-order valence-electron chi connectivity index (χ1n) is 15.1. The molecule has 0 heterocycles. The van der Waals surface area contributed by atoms with E-state index in [4.69, 9.17) is 15.6 Å².